The molecule has 1 aliphatic heterocycles. The van der Waals surface area contributed by atoms with Gasteiger partial charge >= 0.3 is 5.97 Å². The first-order valence-electron chi connectivity index (χ1n) is 6.11. The molecule has 1 heterocycles. The molecule has 0 N–H and O–H groups in total. The van der Waals surface area contributed by atoms with Gasteiger partial charge in [-0.05, 0) is 5.56 Å². The summed E-state index contributed by atoms with van der Waals surface area (Å²) >= 11 is 0. The van der Waals surface area contributed by atoms with Crippen molar-refractivity contribution in [2.75, 3.05) is 0 Å². The predicted octanol–water partition coefficient (Wildman–Crippen LogP) is 2.52. The molecule has 0 fully saturated rings. The van der Waals surface area contributed by atoms with Gasteiger partial charge in [-0.2, -0.15) is 0 Å². The van der Waals surface area contributed by atoms with Crippen molar-refractivity contribution in [3.05, 3.63) is 71.5 Å². The highest BCUT2D eigenvalue weighted by Crippen LogP contribution is 2.40. The first-order chi connectivity index (χ1) is 9.31. The zero-order chi connectivity index (χ0) is 13.2. The van der Waals surface area contributed by atoms with E-state index in [1.54, 1.807) is 6.08 Å². The number of hydrogen-bond acceptors (Lipinski definition) is 3. The van der Waals surface area contributed by atoms with Gasteiger partial charge in [-0.25, -0.2) is 0 Å². The monoisotopic (exact) mass is 252 g/mol. The summed E-state index contributed by atoms with van der Waals surface area (Å²) in [5, 5.41) is 0. The quantitative estimate of drug-likeness (QED) is 0.600. The van der Waals surface area contributed by atoms with Crippen LogP contribution in [0.3, 0.4) is 0 Å². The van der Waals surface area contributed by atoms with Crippen molar-refractivity contribution in [2.24, 2.45) is 5.92 Å². The van der Waals surface area contributed by atoms with E-state index in [0.29, 0.717) is 5.57 Å². The van der Waals surface area contributed by atoms with E-state index in [4.69, 9.17) is 4.74 Å². The van der Waals surface area contributed by atoms with Crippen molar-refractivity contribution in [3.8, 4) is 0 Å². The lowest BCUT2D eigenvalue weighted by Gasteiger charge is -2.30. The topological polar surface area (TPSA) is 43.4 Å². The average Bonchev–Trinajstić information content (AvgIpc) is 2.47. The fourth-order valence-electron chi connectivity index (χ4n) is 2.56. The van der Waals surface area contributed by atoms with Gasteiger partial charge in [0.15, 0.2) is 0 Å². The van der Waals surface area contributed by atoms with E-state index in [1.165, 1.54) is 6.26 Å². The molecule has 3 nitrogen and oxygen atoms in total. The van der Waals surface area contributed by atoms with Gasteiger partial charge in [0.25, 0.3) is 0 Å². The summed E-state index contributed by atoms with van der Waals surface area (Å²) in [6.45, 7) is 0. The highest BCUT2D eigenvalue weighted by atomic mass is 16.5. The number of ether oxygens (including phenoxy) is 1. The minimum Gasteiger partial charge on any atom is -0.434 e. The molecule has 1 aromatic rings. The van der Waals surface area contributed by atoms with E-state index in [0.717, 1.165) is 17.4 Å². The SMILES string of the molecule is O=CC1=CC=CC2C1=COC(=O)C2c1ccccc1. The van der Waals surface area contributed by atoms with Crippen molar-refractivity contribution in [2.45, 2.75) is 5.92 Å². The maximum absolute atomic E-state index is 12.0. The van der Waals surface area contributed by atoms with Gasteiger partial charge in [-0.1, -0.05) is 48.6 Å². The Morgan fingerprint density at radius 3 is 2.68 bits per heavy atom. The molecule has 1 aromatic carbocycles. The molecule has 0 amide bonds. The lowest BCUT2D eigenvalue weighted by molar-refractivity contribution is -0.141. The smallest absolute Gasteiger partial charge is 0.319 e. The molecular formula is C16H12O3. The van der Waals surface area contributed by atoms with E-state index in [-0.39, 0.29) is 17.8 Å². The maximum atomic E-state index is 12.0. The van der Waals surface area contributed by atoms with Crippen LogP contribution in [0.5, 0.6) is 0 Å². The summed E-state index contributed by atoms with van der Waals surface area (Å²) in [4.78, 5) is 23.1. The highest BCUT2D eigenvalue weighted by Gasteiger charge is 2.37. The molecule has 0 aromatic heterocycles. The summed E-state index contributed by atoms with van der Waals surface area (Å²) < 4.78 is 5.11. The predicted molar refractivity (Wildman–Crippen MR) is 70.1 cm³/mol. The number of esters is 1. The largest absolute Gasteiger partial charge is 0.434 e. The van der Waals surface area contributed by atoms with E-state index < -0.39 is 0 Å². The van der Waals surface area contributed by atoms with Crippen LogP contribution in [0, 0.1) is 5.92 Å². The molecule has 0 spiro atoms. The Morgan fingerprint density at radius 1 is 1.16 bits per heavy atom. The molecule has 2 unspecified atom stereocenters. The Morgan fingerprint density at radius 2 is 1.95 bits per heavy atom. The zero-order valence-corrected chi connectivity index (χ0v) is 10.2. The van der Waals surface area contributed by atoms with Gasteiger partial charge < -0.3 is 4.74 Å². The van der Waals surface area contributed by atoms with Crippen LogP contribution in [0.2, 0.25) is 0 Å². The Balaban J connectivity index is 2.06. The van der Waals surface area contributed by atoms with E-state index >= 15 is 0 Å². The van der Waals surface area contributed by atoms with Gasteiger partial charge in [0.05, 0.1) is 12.2 Å². The number of carbonyl (C=O) groups is 2. The van der Waals surface area contributed by atoms with Crippen LogP contribution in [-0.2, 0) is 14.3 Å². The number of cyclic esters (lactones) is 1. The van der Waals surface area contributed by atoms with Crippen LogP contribution in [0.25, 0.3) is 0 Å². The first kappa shape index (κ1) is 11.7. The summed E-state index contributed by atoms with van der Waals surface area (Å²) in [6.07, 6.45) is 7.69. The minimum absolute atomic E-state index is 0.131. The van der Waals surface area contributed by atoms with Crippen LogP contribution in [0.1, 0.15) is 11.5 Å². The molecular weight excluding hydrogens is 240 g/mol. The van der Waals surface area contributed by atoms with Crippen LogP contribution in [0.15, 0.2) is 66.0 Å². The Bertz CT molecular complexity index is 608. The highest BCUT2D eigenvalue weighted by molar-refractivity contribution is 5.87. The summed E-state index contributed by atoms with van der Waals surface area (Å²) in [7, 11) is 0. The summed E-state index contributed by atoms with van der Waals surface area (Å²) in [6, 6.07) is 9.50. The van der Waals surface area contributed by atoms with Gasteiger partial charge in [0.2, 0.25) is 0 Å². The Kier molecular flexibility index (Phi) is 2.88. The number of carbonyl (C=O) groups excluding carboxylic acids is 2. The second kappa shape index (κ2) is 4.69. The lowest BCUT2D eigenvalue weighted by Crippen LogP contribution is -2.29. The number of fused-ring (bicyclic) bond motifs is 1. The third-order valence-corrected chi connectivity index (χ3v) is 3.49. The van der Waals surface area contributed by atoms with Gasteiger partial charge in [-0.15, -0.1) is 0 Å². The third kappa shape index (κ3) is 1.93. The van der Waals surface area contributed by atoms with Crippen molar-refractivity contribution in [1.82, 2.24) is 0 Å². The number of benzene rings is 1. The molecule has 0 saturated carbocycles. The van der Waals surface area contributed by atoms with Gasteiger partial charge in [0, 0.05) is 17.1 Å². The number of hydrogen-bond donors (Lipinski definition) is 0. The number of aldehydes is 1. The van der Waals surface area contributed by atoms with Crippen molar-refractivity contribution in [1.29, 1.82) is 0 Å². The number of allylic oxidation sites excluding steroid dienone is 5. The fourth-order valence-corrected chi connectivity index (χ4v) is 2.56. The molecule has 19 heavy (non-hydrogen) atoms. The van der Waals surface area contributed by atoms with Crippen molar-refractivity contribution in [3.63, 3.8) is 0 Å². The molecule has 1 aliphatic carbocycles. The molecule has 94 valence electrons. The average molecular weight is 252 g/mol. The zero-order valence-electron chi connectivity index (χ0n) is 10.2. The normalized spacial score (nSPS) is 24.9. The molecule has 0 bridgehead atoms. The molecule has 0 saturated heterocycles. The minimum atomic E-state index is -0.388. The molecule has 3 heteroatoms. The Labute approximate surface area is 110 Å². The third-order valence-electron chi connectivity index (χ3n) is 3.49. The van der Waals surface area contributed by atoms with E-state index in [2.05, 4.69) is 0 Å². The maximum Gasteiger partial charge on any atom is 0.319 e. The first-order valence-corrected chi connectivity index (χ1v) is 6.11. The Hall–Kier alpha value is -2.42. The summed E-state index contributed by atoms with van der Waals surface area (Å²) in [5.41, 5.74) is 2.24. The second-order valence-corrected chi connectivity index (χ2v) is 4.55. The second-order valence-electron chi connectivity index (χ2n) is 4.55. The van der Waals surface area contributed by atoms with Crippen molar-refractivity contribution >= 4 is 12.3 Å². The van der Waals surface area contributed by atoms with E-state index in [9.17, 15) is 9.59 Å². The molecule has 3 rings (SSSR count). The van der Waals surface area contributed by atoms with Crippen LogP contribution >= 0.6 is 0 Å². The molecule has 2 aliphatic rings. The lowest BCUT2D eigenvalue weighted by atomic mass is 9.76. The number of rotatable bonds is 2. The van der Waals surface area contributed by atoms with Crippen LogP contribution < -0.4 is 0 Å². The van der Waals surface area contributed by atoms with E-state index in [1.807, 2.05) is 42.5 Å². The fraction of sp³-hybridized carbons (Fsp3) is 0.125. The molecule has 0 radical (unpaired) electrons. The van der Waals surface area contributed by atoms with Gasteiger partial charge in [-0.3, -0.25) is 9.59 Å². The van der Waals surface area contributed by atoms with Crippen molar-refractivity contribution < 1.29 is 14.3 Å². The molecule has 2 atom stereocenters. The van der Waals surface area contributed by atoms with Crippen LogP contribution in [0.4, 0.5) is 0 Å². The van der Waals surface area contributed by atoms with Gasteiger partial charge in [0.1, 0.15) is 6.29 Å². The van der Waals surface area contributed by atoms with Crippen LogP contribution in [-0.4, -0.2) is 12.3 Å². The summed E-state index contributed by atoms with van der Waals surface area (Å²) in [5.74, 6) is -0.799. The standard InChI is InChI=1S/C16H12O3/c17-9-12-7-4-8-13-14(12)10-19-16(18)15(13)11-5-2-1-3-6-11/h1-10,13,15H.